The minimum Gasteiger partial charge on any atom is -0.460 e. The Kier molecular flexibility index (Phi) is 2.92. The second-order valence-electron chi connectivity index (χ2n) is 3.39. The molecule has 0 aliphatic rings. The van der Waals surface area contributed by atoms with Crippen LogP contribution >= 0.6 is 7.14 Å². The average molecular weight is 240 g/mol. The van der Waals surface area contributed by atoms with Crippen molar-refractivity contribution in [2.75, 3.05) is 12.3 Å². The maximum Gasteiger partial charge on any atom is 0.240 e. The van der Waals surface area contributed by atoms with Gasteiger partial charge < -0.3 is 8.98 Å². The van der Waals surface area contributed by atoms with Crippen LogP contribution in [0.25, 0.3) is 11.6 Å². The number of hydrogen-bond acceptors (Lipinski definition) is 5. The number of aromatic nitrogens is 4. The van der Waals surface area contributed by atoms with Crippen molar-refractivity contribution in [2.24, 2.45) is 0 Å². The number of nitrogens with zero attached hydrogens (tertiary/aromatic N) is 3. The van der Waals surface area contributed by atoms with E-state index in [2.05, 4.69) is 20.6 Å². The van der Waals surface area contributed by atoms with Gasteiger partial charge in [0, 0.05) is 12.3 Å². The van der Waals surface area contributed by atoms with Crippen LogP contribution < -0.4 is 5.30 Å². The molecule has 0 aliphatic heterocycles. The average Bonchev–Trinajstić information content (AvgIpc) is 2.97. The van der Waals surface area contributed by atoms with E-state index in [1.54, 1.807) is 6.07 Å². The van der Waals surface area contributed by atoms with E-state index in [9.17, 15) is 4.57 Å². The van der Waals surface area contributed by atoms with Gasteiger partial charge in [0.05, 0.1) is 11.6 Å². The summed E-state index contributed by atoms with van der Waals surface area (Å²) in [5, 5.41) is 14.2. The highest BCUT2D eigenvalue weighted by Crippen LogP contribution is 2.45. The molecule has 0 bridgehead atoms. The molecule has 2 rings (SSSR count). The van der Waals surface area contributed by atoms with E-state index in [-0.39, 0.29) is 0 Å². The second-order valence-corrected chi connectivity index (χ2v) is 6.92. The molecule has 0 atom stereocenters. The summed E-state index contributed by atoms with van der Waals surface area (Å²) in [6, 6.07) is 1.74. The number of rotatable bonds is 4. The molecule has 16 heavy (non-hydrogen) atoms. The Morgan fingerprint density at radius 2 is 2.19 bits per heavy atom. The summed E-state index contributed by atoms with van der Waals surface area (Å²) in [6.45, 7) is 3.83. The van der Waals surface area contributed by atoms with Crippen molar-refractivity contribution < 1.29 is 8.98 Å². The van der Waals surface area contributed by atoms with Gasteiger partial charge in [0.2, 0.25) is 5.82 Å². The fourth-order valence-corrected chi connectivity index (χ4v) is 3.60. The van der Waals surface area contributed by atoms with Crippen LogP contribution in [0.1, 0.15) is 13.8 Å². The van der Waals surface area contributed by atoms with Gasteiger partial charge in [-0.05, 0) is 11.3 Å². The Bertz CT molecular complexity index is 497. The Morgan fingerprint density at radius 3 is 2.75 bits per heavy atom. The zero-order valence-electron chi connectivity index (χ0n) is 9.17. The van der Waals surface area contributed by atoms with Crippen molar-refractivity contribution in [1.82, 2.24) is 20.6 Å². The summed E-state index contributed by atoms with van der Waals surface area (Å²) < 4.78 is 17.9. The first-order valence-corrected chi connectivity index (χ1v) is 7.19. The van der Waals surface area contributed by atoms with Crippen LogP contribution in [0, 0.1) is 0 Å². The van der Waals surface area contributed by atoms with Crippen LogP contribution in [0.4, 0.5) is 0 Å². The van der Waals surface area contributed by atoms with E-state index < -0.39 is 7.14 Å². The first-order valence-electron chi connectivity index (χ1n) is 5.11. The molecule has 2 aromatic heterocycles. The summed E-state index contributed by atoms with van der Waals surface area (Å²) in [4.78, 5) is 0. The van der Waals surface area contributed by atoms with E-state index in [0.717, 1.165) is 0 Å². The lowest BCUT2D eigenvalue weighted by atomic mass is 10.4. The lowest BCUT2D eigenvalue weighted by Gasteiger charge is -2.12. The molecule has 0 saturated heterocycles. The van der Waals surface area contributed by atoms with Crippen molar-refractivity contribution in [1.29, 1.82) is 0 Å². The SMILES string of the molecule is CCP(=O)(CC)c1ccoc1-c1nn[nH]n1. The summed E-state index contributed by atoms with van der Waals surface area (Å²) >= 11 is 0. The van der Waals surface area contributed by atoms with Crippen molar-refractivity contribution in [2.45, 2.75) is 13.8 Å². The third-order valence-corrected chi connectivity index (χ3v) is 5.93. The van der Waals surface area contributed by atoms with Crippen LogP contribution in [0.3, 0.4) is 0 Å². The summed E-state index contributed by atoms with van der Waals surface area (Å²) in [5.74, 6) is 0.808. The van der Waals surface area contributed by atoms with Gasteiger partial charge in [-0.2, -0.15) is 5.21 Å². The quantitative estimate of drug-likeness (QED) is 0.818. The van der Waals surface area contributed by atoms with Crippen LogP contribution in [0.15, 0.2) is 16.7 Å². The van der Waals surface area contributed by atoms with Gasteiger partial charge in [0.1, 0.15) is 7.14 Å². The van der Waals surface area contributed by atoms with Gasteiger partial charge in [0.15, 0.2) is 5.76 Å². The number of furan rings is 1. The summed E-state index contributed by atoms with van der Waals surface area (Å²) in [5.41, 5.74) is 0. The first-order chi connectivity index (χ1) is 7.71. The van der Waals surface area contributed by atoms with Gasteiger partial charge in [-0.15, -0.1) is 10.2 Å². The smallest absolute Gasteiger partial charge is 0.240 e. The van der Waals surface area contributed by atoms with Crippen molar-refractivity contribution in [3.05, 3.63) is 12.3 Å². The normalized spacial score (nSPS) is 11.9. The lowest BCUT2D eigenvalue weighted by molar-refractivity contribution is 0.574. The number of H-pyrrole nitrogens is 1. The molecular weight excluding hydrogens is 227 g/mol. The third-order valence-electron chi connectivity index (χ3n) is 2.65. The van der Waals surface area contributed by atoms with Gasteiger partial charge in [-0.3, -0.25) is 0 Å². The molecule has 0 aromatic carbocycles. The van der Waals surface area contributed by atoms with Crippen molar-refractivity contribution in [3.63, 3.8) is 0 Å². The molecule has 0 unspecified atom stereocenters. The zero-order chi connectivity index (χ0) is 11.6. The van der Waals surface area contributed by atoms with Crippen molar-refractivity contribution in [3.8, 4) is 11.6 Å². The second kappa shape index (κ2) is 4.22. The number of hydrogen-bond donors (Lipinski definition) is 1. The molecule has 7 heteroatoms. The molecule has 6 nitrogen and oxygen atoms in total. The Morgan fingerprint density at radius 1 is 1.44 bits per heavy atom. The van der Waals surface area contributed by atoms with E-state index in [1.807, 2.05) is 13.8 Å². The molecule has 0 saturated carbocycles. The molecule has 0 fully saturated rings. The Balaban J connectivity index is 2.52. The molecule has 2 aromatic rings. The molecule has 2 heterocycles. The molecule has 1 N–H and O–H groups in total. The van der Waals surface area contributed by atoms with Gasteiger partial charge >= 0.3 is 0 Å². The highest BCUT2D eigenvalue weighted by Gasteiger charge is 2.27. The first kappa shape index (κ1) is 11.1. The topological polar surface area (TPSA) is 84.7 Å². The number of aromatic amines is 1. The highest BCUT2D eigenvalue weighted by atomic mass is 31.2. The minimum atomic E-state index is -2.38. The molecule has 86 valence electrons. The van der Waals surface area contributed by atoms with Gasteiger partial charge in [0.25, 0.3) is 0 Å². The van der Waals surface area contributed by atoms with Crippen LogP contribution in [-0.2, 0) is 4.57 Å². The van der Waals surface area contributed by atoms with Gasteiger partial charge in [-0.25, -0.2) is 0 Å². The van der Waals surface area contributed by atoms with Crippen molar-refractivity contribution >= 4 is 12.4 Å². The molecule has 0 radical (unpaired) electrons. The summed E-state index contributed by atoms with van der Waals surface area (Å²) in [6.07, 6.45) is 2.72. The van der Waals surface area contributed by atoms with E-state index in [1.165, 1.54) is 6.26 Å². The minimum absolute atomic E-state index is 0.349. The predicted molar refractivity (Wildman–Crippen MR) is 60.2 cm³/mol. The Labute approximate surface area is 92.8 Å². The highest BCUT2D eigenvalue weighted by molar-refractivity contribution is 7.71. The monoisotopic (exact) mass is 240 g/mol. The predicted octanol–water partition coefficient (Wildman–Crippen LogP) is 1.49. The number of tetrazole rings is 1. The molecular formula is C9H13N4O2P. The van der Waals surface area contributed by atoms with Gasteiger partial charge in [-0.1, -0.05) is 13.8 Å². The standard InChI is InChI=1S/C9H13N4O2P/c1-3-16(14,4-2)7-5-6-15-8(7)9-10-12-13-11-9/h5-6H,3-4H2,1-2H3,(H,10,11,12,13). The molecule has 0 amide bonds. The van der Waals surface area contributed by atoms with Crippen LogP contribution in [0.2, 0.25) is 0 Å². The fraction of sp³-hybridized carbons (Fsp3) is 0.444. The van der Waals surface area contributed by atoms with Crippen LogP contribution in [0.5, 0.6) is 0 Å². The maximum atomic E-state index is 12.6. The van der Waals surface area contributed by atoms with E-state index in [4.69, 9.17) is 4.42 Å². The fourth-order valence-electron chi connectivity index (χ4n) is 1.61. The Hall–Kier alpha value is -1.42. The number of nitrogens with one attached hydrogen (secondary N) is 1. The molecule has 0 aliphatic carbocycles. The van der Waals surface area contributed by atoms with E-state index in [0.29, 0.717) is 29.2 Å². The molecule has 0 spiro atoms. The lowest BCUT2D eigenvalue weighted by Crippen LogP contribution is -2.09. The summed E-state index contributed by atoms with van der Waals surface area (Å²) in [7, 11) is -2.38. The zero-order valence-corrected chi connectivity index (χ0v) is 10.1. The largest absolute Gasteiger partial charge is 0.460 e. The maximum absolute atomic E-state index is 12.6. The third kappa shape index (κ3) is 1.69. The van der Waals surface area contributed by atoms with E-state index >= 15 is 0 Å². The van der Waals surface area contributed by atoms with Crippen LogP contribution in [-0.4, -0.2) is 32.9 Å².